The third-order valence-corrected chi connectivity index (χ3v) is 2.72. The molecule has 0 bridgehead atoms. The first-order valence-corrected chi connectivity index (χ1v) is 5.08. The molecule has 0 spiro atoms. The summed E-state index contributed by atoms with van der Waals surface area (Å²) in [5.74, 6) is 1.33. The third kappa shape index (κ3) is 1.74. The van der Waals surface area contributed by atoms with Crippen molar-refractivity contribution in [1.82, 2.24) is 9.97 Å². The average molecular weight is 269 g/mol. The number of benzene rings is 1. The molecule has 1 aromatic carbocycles. The van der Waals surface area contributed by atoms with E-state index in [4.69, 9.17) is 9.47 Å². The van der Waals surface area contributed by atoms with Crippen LogP contribution in [0.15, 0.2) is 23.1 Å². The van der Waals surface area contributed by atoms with Crippen molar-refractivity contribution in [3.63, 3.8) is 0 Å². The molecule has 15 heavy (non-hydrogen) atoms. The van der Waals surface area contributed by atoms with E-state index < -0.39 is 0 Å². The minimum Gasteiger partial charge on any atom is -0.493 e. The summed E-state index contributed by atoms with van der Waals surface area (Å²) in [6.07, 6.45) is 1.50. The summed E-state index contributed by atoms with van der Waals surface area (Å²) in [5, 5.41) is 0.898. The molecule has 1 aromatic heterocycles. The smallest absolute Gasteiger partial charge is 0.162 e. The van der Waals surface area contributed by atoms with Gasteiger partial charge in [-0.2, -0.15) is 0 Å². The lowest BCUT2D eigenvalue weighted by Gasteiger charge is -2.08. The van der Waals surface area contributed by atoms with Gasteiger partial charge in [0.2, 0.25) is 0 Å². The van der Waals surface area contributed by atoms with Gasteiger partial charge in [0.1, 0.15) is 10.9 Å². The number of halogens is 1. The Morgan fingerprint density at radius 3 is 2.40 bits per heavy atom. The van der Waals surface area contributed by atoms with Gasteiger partial charge in [-0.15, -0.1) is 0 Å². The van der Waals surface area contributed by atoms with E-state index in [1.807, 2.05) is 12.1 Å². The van der Waals surface area contributed by atoms with Crippen LogP contribution in [0.25, 0.3) is 10.9 Å². The molecule has 0 atom stereocenters. The third-order valence-electron chi connectivity index (χ3n) is 2.09. The van der Waals surface area contributed by atoms with Crippen LogP contribution >= 0.6 is 15.9 Å². The lowest BCUT2D eigenvalue weighted by molar-refractivity contribution is 0.355. The number of methoxy groups -OCH3 is 2. The molecule has 0 saturated carbocycles. The molecule has 1 heterocycles. The van der Waals surface area contributed by atoms with E-state index in [2.05, 4.69) is 25.9 Å². The molecule has 0 fully saturated rings. The van der Waals surface area contributed by atoms with Gasteiger partial charge in [-0.3, -0.25) is 0 Å². The molecule has 4 nitrogen and oxygen atoms in total. The molecular weight excluding hydrogens is 260 g/mol. The quantitative estimate of drug-likeness (QED) is 0.785. The van der Waals surface area contributed by atoms with Gasteiger partial charge >= 0.3 is 0 Å². The Balaban J connectivity index is 2.75. The van der Waals surface area contributed by atoms with Gasteiger partial charge in [-0.1, -0.05) is 0 Å². The first-order chi connectivity index (χ1) is 7.26. The van der Waals surface area contributed by atoms with Crippen molar-refractivity contribution in [3.05, 3.63) is 23.1 Å². The normalized spacial score (nSPS) is 10.3. The fourth-order valence-electron chi connectivity index (χ4n) is 1.35. The first-order valence-electron chi connectivity index (χ1n) is 4.28. The minimum absolute atomic E-state index is 0.663. The lowest BCUT2D eigenvalue weighted by Crippen LogP contribution is -1.92. The highest BCUT2D eigenvalue weighted by Gasteiger charge is 2.08. The average Bonchev–Trinajstić information content (AvgIpc) is 2.28. The topological polar surface area (TPSA) is 44.2 Å². The summed E-state index contributed by atoms with van der Waals surface area (Å²) in [4.78, 5) is 8.20. The number of hydrogen-bond acceptors (Lipinski definition) is 4. The highest BCUT2D eigenvalue weighted by atomic mass is 79.9. The zero-order valence-corrected chi connectivity index (χ0v) is 9.91. The van der Waals surface area contributed by atoms with Crippen molar-refractivity contribution in [1.29, 1.82) is 0 Å². The molecule has 0 aliphatic rings. The molecule has 0 amide bonds. The van der Waals surface area contributed by atoms with Crippen molar-refractivity contribution in [3.8, 4) is 11.5 Å². The zero-order valence-electron chi connectivity index (χ0n) is 8.32. The van der Waals surface area contributed by atoms with Crippen LogP contribution in [-0.2, 0) is 0 Å². The summed E-state index contributed by atoms with van der Waals surface area (Å²) in [5.41, 5.74) is 0.814. The van der Waals surface area contributed by atoms with E-state index >= 15 is 0 Å². The van der Waals surface area contributed by atoms with E-state index in [1.54, 1.807) is 14.2 Å². The van der Waals surface area contributed by atoms with E-state index in [-0.39, 0.29) is 0 Å². The number of ether oxygens (including phenoxy) is 2. The predicted octanol–water partition coefficient (Wildman–Crippen LogP) is 2.41. The second kappa shape index (κ2) is 4.02. The fourth-order valence-corrected chi connectivity index (χ4v) is 1.76. The molecule has 0 radical (unpaired) electrons. The number of rotatable bonds is 2. The molecule has 0 unspecified atom stereocenters. The van der Waals surface area contributed by atoms with Crippen molar-refractivity contribution >= 4 is 26.8 Å². The SMILES string of the molecule is COc1cc2ncnc(Br)c2cc1OC. The maximum Gasteiger partial charge on any atom is 0.162 e. The van der Waals surface area contributed by atoms with E-state index in [0.29, 0.717) is 11.5 Å². The summed E-state index contributed by atoms with van der Waals surface area (Å²) in [6.45, 7) is 0. The molecule has 0 saturated heterocycles. The fraction of sp³-hybridized carbons (Fsp3) is 0.200. The maximum atomic E-state index is 5.20. The Hall–Kier alpha value is -1.36. The molecule has 0 N–H and O–H groups in total. The number of aromatic nitrogens is 2. The second-order valence-corrected chi connectivity index (χ2v) is 3.64. The van der Waals surface area contributed by atoms with Crippen molar-refractivity contribution in [2.24, 2.45) is 0 Å². The summed E-state index contributed by atoms with van der Waals surface area (Å²) >= 11 is 3.36. The van der Waals surface area contributed by atoms with Crippen LogP contribution in [-0.4, -0.2) is 24.2 Å². The van der Waals surface area contributed by atoms with Gasteiger partial charge in [0.15, 0.2) is 11.5 Å². The monoisotopic (exact) mass is 268 g/mol. The van der Waals surface area contributed by atoms with E-state index in [0.717, 1.165) is 15.5 Å². The van der Waals surface area contributed by atoms with Gasteiger partial charge in [0.05, 0.1) is 19.7 Å². The number of hydrogen-bond donors (Lipinski definition) is 0. The van der Waals surface area contributed by atoms with Gasteiger partial charge in [0.25, 0.3) is 0 Å². The summed E-state index contributed by atoms with van der Waals surface area (Å²) in [7, 11) is 3.20. The highest BCUT2D eigenvalue weighted by molar-refractivity contribution is 9.10. The molecule has 5 heteroatoms. The maximum absolute atomic E-state index is 5.20. The predicted molar refractivity (Wildman–Crippen MR) is 60.3 cm³/mol. The van der Waals surface area contributed by atoms with Crippen LogP contribution in [0.3, 0.4) is 0 Å². The Morgan fingerprint density at radius 1 is 1.07 bits per heavy atom. The van der Waals surface area contributed by atoms with Crippen LogP contribution in [0.1, 0.15) is 0 Å². The van der Waals surface area contributed by atoms with Gasteiger partial charge in [-0.05, 0) is 22.0 Å². The molecular formula is C10H9BrN2O2. The van der Waals surface area contributed by atoms with Crippen molar-refractivity contribution in [2.45, 2.75) is 0 Å². The summed E-state index contributed by atoms with van der Waals surface area (Å²) in [6, 6.07) is 3.67. The Labute approximate surface area is 95.4 Å². The van der Waals surface area contributed by atoms with E-state index in [9.17, 15) is 0 Å². The van der Waals surface area contributed by atoms with Gasteiger partial charge in [-0.25, -0.2) is 9.97 Å². The zero-order chi connectivity index (χ0) is 10.8. The Kier molecular flexibility index (Phi) is 2.73. The van der Waals surface area contributed by atoms with Crippen LogP contribution < -0.4 is 9.47 Å². The van der Waals surface area contributed by atoms with Crippen LogP contribution in [0.5, 0.6) is 11.5 Å². The molecule has 2 rings (SSSR count). The molecule has 78 valence electrons. The van der Waals surface area contributed by atoms with E-state index in [1.165, 1.54) is 6.33 Å². The van der Waals surface area contributed by atoms with Gasteiger partial charge < -0.3 is 9.47 Å². The van der Waals surface area contributed by atoms with Gasteiger partial charge in [0, 0.05) is 11.5 Å². The summed E-state index contributed by atoms with van der Waals surface area (Å²) < 4.78 is 11.1. The molecule has 2 aromatic rings. The number of nitrogens with zero attached hydrogens (tertiary/aromatic N) is 2. The standard InChI is InChI=1S/C10H9BrN2O2/c1-14-8-3-6-7(4-9(8)15-2)12-5-13-10(6)11/h3-5H,1-2H3. The Morgan fingerprint density at radius 2 is 1.73 bits per heavy atom. The Bertz CT molecular complexity index is 502. The van der Waals surface area contributed by atoms with Crippen molar-refractivity contribution < 1.29 is 9.47 Å². The number of fused-ring (bicyclic) bond motifs is 1. The highest BCUT2D eigenvalue weighted by Crippen LogP contribution is 2.33. The van der Waals surface area contributed by atoms with Crippen LogP contribution in [0.4, 0.5) is 0 Å². The second-order valence-electron chi connectivity index (χ2n) is 2.89. The lowest BCUT2D eigenvalue weighted by atomic mass is 10.2. The van der Waals surface area contributed by atoms with Crippen LogP contribution in [0, 0.1) is 0 Å². The molecule has 0 aliphatic carbocycles. The van der Waals surface area contributed by atoms with Crippen LogP contribution in [0.2, 0.25) is 0 Å². The first kappa shape index (κ1) is 10.2. The van der Waals surface area contributed by atoms with Crippen molar-refractivity contribution in [2.75, 3.05) is 14.2 Å². The largest absolute Gasteiger partial charge is 0.493 e. The molecule has 0 aliphatic heterocycles. The minimum atomic E-state index is 0.663.